The van der Waals surface area contributed by atoms with Gasteiger partial charge in [0.25, 0.3) is 0 Å². The summed E-state index contributed by atoms with van der Waals surface area (Å²) in [6.07, 6.45) is 2.04. The Kier molecular flexibility index (Phi) is 7.39. The van der Waals surface area contributed by atoms with Crippen molar-refractivity contribution in [2.24, 2.45) is 0 Å². The maximum absolute atomic E-state index is 12.6. The third-order valence-electron chi connectivity index (χ3n) is 4.33. The van der Waals surface area contributed by atoms with E-state index in [0.717, 1.165) is 21.1 Å². The first-order valence-electron chi connectivity index (χ1n) is 8.90. The molecule has 0 aliphatic rings. The number of ether oxygens (including phenoxy) is 2. The van der Waals surface area contributed by atoms with Crippen molar-refractivity contribution in [3.05, 3.63) is 42.5 Å². The number of nitrogens with one attached hydrogen (secondary N) is 1. The fourth-order valence-electron chi connectivity index (χ4n) is 2.67. The van der Waals surface area contributed by atoms with Gasteiger partial charge in [-0.05, 0) is 30.3 Å². The normalized spacial score (nSPS) is 11.5. The third kappa shape index (κ3) is 6.25. The topological polar surface area (TPSA) is 122 Å². The van der Waals surface area contributed by atoms with Crippen molar-refractivity contribution >= 4 is 43.0 Å². The SMILES string of the molecule is COc1ccc(N(CC(=O)Nc2cccc(N(C)S(C)(=O)=O)c2)S(C)(=O)=O)c(OC)c1. The van der Waals surface area contributed by atoms with Crippen molar-refractivity contribution in [3.8, 4) is 11.5 Å². The van der Waals surface area contributed by atoms with E-state index in [1.807, 2.05) is 0 Å². The smallest absolute Gasteiger partial charge is 0.245 e. The van der Waals surface area contributed by atoms with Crippen molar-refractivity contribution in [1.29, 1.82) is 0 Å². The minimum Gasteiger partial charge on any atom is -0.497 e. The molecule has 10 nitrogen and oxygen atoms in total. The molecule has 2 aromatic carbocycles. The first-order valence-corrected chi connectivity index (χ1v) is 12.6. The van der Waals surface area contributed by atoms with E-state index >= 15 is 0 Å². The van der Waals surface area contributed by atoms with Crippen molar-refractivity contribution in [2.75, 3.05) is 54.3 Å². The number of methoxy groups -OCH3 is 2. The van der Waals surface area contributed by atoms with E-state index < -0.39 is 32.5 Å². The van der Waals surface area contributed by atoms with Crippen LogP contribution in [0.2, 0.25) is 0 Å². The number of nitrogens with zero attached hydrogens (tertiary/aromatic N) is 2. The van der Waals surface area contributed by atoms with Gasteiger partial charge in [0.1, 0.15) is 18.0 Å². The quantitative estimate of drug-likeness (QED) is 0.588. The number of benzene rings is 2. The van der Waals surface area contributed by atoms with E-state index in [4.69, 9.17) is 9.47 Å². The second-order valence-corrected chi connectivity index (χ2v) is 10.6. The summed E-state index contributed by atoms with van der Waals surface area (Å²) in [6.45, 7) is -0.520. The van der Waals surface area contributed by atoms with Crippen LogP contribution in [0, 0.1) is 0 Å². The minimum absolute atomic E-state index is 0.173. The van der Waals surface area contributed by atoms with Crippen LogP contribution in [0.15, 0.2) is 42.5 Å². The van der Waals surface area contributed by atoms with Gasteiger partial charge in [-0.2, -0.15) is 0 Å². The summed E-state index contributed by atoms with van der Waals surface area (Å²) in [5.41, 5.74) is 0.830. The van der Waals surface area contributed by atoms with Crippen LogP contribution in [-0.4, -0.2) is 63.1 Å². The molecule has 0 saturated carbocycles. The molecule has 0 heterocycles. The second-order valence-electron chi connectivity index (χ2n) is 6.64. The van der Waals surface area contributed by atoms with E-state index in [1.165, 1.54) is 39.5 Å². The predicted molar refractivity (Wildman–Crippen MR) is 120 cm³/mol. The molecular formula is C19H25N3O7S2. The third-order valence-corrected chi connectivity index (χ3v) is 6.67. The average molecular weight is 472 g/mol. The van der Waals surface area contributed by atoms with Crippen LogP contribution in [0.3, 0.4) is 0 Å². The molecule has 0 atom stereocenters. The maximum atomic E-state index is 12.6. The van der Waals surface area contributed by atoms with Gasteiger partial charge in [-0.1, -0.05) is 6.07 Å². The van der Waals surface area contributed by atoms with Gasteiger partial charge in [0.2, 0.25) is 26.0 Å². The highest BCUT2D eigenvalue weighted by molar-refractivity contribution is 7.92. The molecule has 0 spiro atoms. The Morgan fingerprint density at radius 1 is 0.968 bits per heavy atom. The highest BCUT2D eigenvalue weighted by Crippen LogP contribution is 2.33. The molecule has 1 N–H and O–H groups in total. The molecule has 2 rings (SSSR count). The van der Waals surface area contributed by atoms with Crippen LogP contribution < -0.4 is 23.4 Å². The van der Waals surface area contributed by atoms with Crippen LogP contribution in [0.4, 0.5) is 17.1 Å². The number of carbonyl (C=O) groups excluding carboxylic acids is 1. The molecule has 0 bridgehead atoms. The monoisotopic (exact) mass is 471 g/mol. The summed E-state index contributed by atoms with van der Waals surface area (Å²) >= 11 is 0. The minimum atomic E-state index is -3.83. The van der Waals surface area contributed by atoms with Crippen molar-refractivity contribution in [2.45, 2.75) is 0 Å². The molecule has 170 valence electrons. The molecule has 0 fully saturated rings. The largest absolute Gasteiger partial charge is 0.497 e. The summed E-state index contributed by atoms with van der Waals surface area (Å²) in [7, 11) is -3.09. The van der Waals surface area contributed by atoms with Crippen LogP contribution >= 0.6 is 0 Å². The predicted octanol–water partition coefficient (Wildman–Crippen LogP) is 1.50. The van der Waals surface area contributed by atoms with E-state index in [9.17, 15) is 21.6 Å². The Hall–Kier alpha value is -2.99. The average Bonchev–Trinajstić information content (AvgIpc) is 2.69. The maximum Gasteiger partial charge on any atom is 0.245 e. The van der Waals surface area contributed by atoms with Gasteiger partial charge in [0, 0.05) is 18.8 Å². The van der Waals surface area contributed by atoms with Gasteiger partial charge in [-0.15, -0.1) is 0 Å². The fourth-order valence-corrected chi connectivity index (χ4v) is 4.03. The highest BCUT2D eigenvalue weighted by atomic mass is 32.2. The number of amides is 1. The lowest BCUT2D eigenvalue weighted by molar-refractivity contribution is -0.114. The first-order chi connectivity index (χ1) is 14.4. The Morgan fingerprint density at radius 3 is 2.19 bits per heavy atom. The number of hydrogen-bond acceptors (Lipinski definition) is 7. The Morgan fingerprint density at radius 2 is 1.65 bits per heavy atom. The first kappa shape index (κ1) is 24.3. The van der Waals surface area contributed by atoms with Crippen molar-refractivity contribution < 1.29 is 31.1 Å². The van der Waals surface area contributed by atoms with Crippen molar-refractivity contribution in [1.82, 2.24) is 0 Å². The Bertz CT molecular complexity index is 1160. The van der Waals surface area contributed by atoms with Gasteiger partial charge in [-0.25, -0.2) is 16.8 Å². The number of sulfonamides is 2. The van der Waals surface area contributed by atoms with E-state index in [-0.39, 0.29) is 11.4 Å². The summed E-state index contributed by atoms with van der Waals surface area (Å²) in [5.74, 6) is 0.0575. The van der Waals surface area contributed by atoms with Gasteiger partial charge < -0.3 is 14.8 Å². The van der Waals surface area contributed by atoms with E-state index in [1.54, 1.807) is 24.3 Å². The highest BCUT2D eigenvalue weighted by Gasteiger charge is 2.24. The number of hydrogen-bond donors (Lipinski definition) is 1. The van der Waals surface area contributed by atoms with Crippen molar-refractivity contribution in [3.63, 3.8) is 0 Å². The number of carbonyl (C=O) groups is 1. The zero-order chi connectivity index (χ0) is 23.4. The molecule has 1 amide bonds. The summed E-state index contributed by atoms with van der Waals surface area (Å²) in [4.78, 5) is 12.6. The van der Waals surface area contributed by atoms with Crippen LogP contribution in [-0.2, 0) is 24.8 Å². The zero-order valence-electron chi connectivity index (χ0n) is 17.8. The molecule has 31 heavy (non-hydrogen) atoms. The molecule has 0 aliphatic carbocycles. The molecule has 0 unspecified atom stereocenters. The lowest BCUT2D eigenvalue weighted by atomic mass is 10.2. The lowest BCUT2D eigenvalue weighted by Gasteiger charge is -2.24. The standard InChI is InChI=1S/C19H25N3O7S2/c1-21(30(4,24)25)15-8-6-7-14(11-15)20-19(23)13-22(31(5,26)27)17-10-9-16(28-2)12-18(17)29-3/h6-12H,13H2,1-5H3,(H,20,23). The van der Waals surface area contributed by atoms with Crippen LogP contribution in [0.1, 0.15) is 0 Å². The van der Waals surface area contributed by atoms with Gasteiger partial charge in [0.15, 0.2) is 0 Å². The molecular weight excluding hydrogens is 446 g/mol. The fraction of sp³-hybridized carbons (Fsp3) is 0.316. The Balaban J connectivity index is 2.30. The Labute approximate surface area is 182 Å². The lowest BCUT2D eigenvalue weighted by Crippen LogP contribution is -2.37. The molecule has 0 radical (unpaired) electrons. The molecule has 12 heteroatoms. The number of anilines is 3. The van der Waals surface area contributed by atoms with Gasteiger partial charge >= 0.3 is 0 Å². The zero-order valence-corrected chi connectivity index (χ0v) is 19.5. The van der Waals surface area contributed by atoms with Crippen LogP contribution in [0.25, 0.3) is 0 Å². The summed E-state index contributed by atoms with van der Waals surface area (Å²) < 4.78 is 60.6. The van der Waals surface area contributed by atoms with Crippen LogP contribution in [0.5, 0.6) is 11.5 Å². The number of rotatable bonds is 9. The molecule has 0 saturated heterocycles. The molecule has 0 aliphatic heterocycles. The molecule has 0 aromatic heterocycles. The van der Waals surface area contributed by atoms with Gasteiger partial charge in [-0.3, -0.25) is 13.4 Å². The van der Waals surface area contributed by atoms with E-state index in [0.29, 0.717) is 17.1 Å². The second kappa shape index (κ2) is 9.43. The van der Waals surface area contributed by atoms with Gasteiger partial charge in [0.05, 0.1) is 38.1 Å². The summed E-state index contributed by atoms with van der Waals surface area (Å²) in [6, 6.07) is 10.7. The summed E-state index contributed by atoms with van der Waals surface area (Å²) in [5, 5.41) is 2.59. The van der Waals surface area contributed by atoms with E-state index in [2.05, 4.69) is 5.32 Å². The molecule has 2 aromatic rings.